The maximum absolute atomic E-state index is 13.0. The first-order valence-electron chi connectivity index (χ1n) is 10.9. The number of anilines is 1. The van der Waals surface area contributed by atoms with Crippen molar-refractivity contribution in [2.75, 3.05) is 38.6 Å². The molecule has 0 saturated carbocycles. The summed E-state index contributed by atoms with van der Waals surface area (Å²) in [7, 11) is 1.59. The SMILES string of the molecule is COc1ccc(C(=O)c2cc(NCC(=O)NCC3CCNCC3)c3ccccc3n2)cc1. The van der Waals surface area contributed by atoms with Crippen LogP contribution in [0.15, 0.2) is 54.6 Å². The first-order valence-corrected chi connectivity index (χ1v) is 10.9. The van der Waals surface area contributed by atoms with E-state index in [1.807, 2.05) is 24.3 Å². The number of ether oxygens (including phenoxy) is 1. The van der Waals surface area contributed by atoms with Gasteiger partial charge in [0.05, 0.1) is 19.2 Å². The molecule has 0 bridgehead atoms. The number of methoxy groups -OCH3 is 1. The number of carbonyl (C=O) groups excluding carboxylic acids is 2. The fraction of sp³-hybridized carbons (Fsp3) is 0.320. The number of benzene rings is 2. The maximum atomic E-state index is 13.0. The highest BCUT2D eigenvalue weighted by molar-refractivity contribution is 6.10. The summed E-state index contributed by atoms with van der Waals surface area (Å²) >= 11 is 0. The number of hydrogen-bond donors (Lipinski definition) is 3. The van der Waals surface area contributed by atoms with E-state index >= 15 is 0 Å². The molecule has 1 aromatic heterocycles. The molecule has 1 fully saturated rings. The third kappa shape index (κ3) is 5.23. The van der Waals surface area contributed by atoms with E-state index in [4.69, 9.17) is 4.74 Å². The van der Waals surface area contributed by atoms with Crippen molar-refractivity contribution in [3.05, 3.63) is 65.9 Å². The first-order chi connectivity index (χ1) is 15.6. The molecule has 0 unspecified atom stereocenters. The molecule has 4 rings (SSSR count). The van der Waals surface area contributed by atoms with Crippen LogP contribution < -0.4 is 20.7 Å². The zero-order valence-corrected chi connectivity index (χ0v) is 18.2. The number of piperidine rings is 1. The lowest BCUT2D eigenvalue weighted by atomic mass is 9.98. The number of ketones is 1. The van der Waals surface area contributed by atoms with E-state index in [1.54, 1.807) is 37.4 Å². The Kier molecular flexibility index (Phi) is 6.97. The van der Waals surface area contributed by atoms with Gasteiger partial charge in [0.1, 0.15) is 11.4 Å². The summed E-state index contributed by atoms with van der Waals surface area (Å²) in [6, 6.07) is 16.2. The van der Waals surface area contributed by atoms with Gasteiger partial charge in [-0.05, 0) is 68.2 Å². The number of amides is 1. The van der Waals surface area contributed by atoms with Crippen molar-refractivity contribution in [1.82, 2.24) is 15.6 Å². The normalized spacial score (nSPS) is 14.2. The van der Waals surface area contributed by atoms with Gasteiger partial charge in [-0.2, -0.15) is 0 Å². The lowest BCUT2D eigenvalue weighted by molar-refractivity contribution is -0.119. The fourth-order valence-electron chi connectivity index (χ4n) is 3.91. The Labute approximate surface area is 187 Å². The number of carbonyl (C=O) groups is 2. The van der Waals surface area contributed by atoms with Crippen LogP contribution in [0.4, 0.5) is 5.69 Å². The molecule has 7 heteroatoms. The molecule has 0 radical (unpaired) electrons. The summed E-state index contributed by atoms with van der Waals surface area (Å²) in [5.41, 5.74) is 2.26. The minimum Gasteiger partial charge on any atom is -0.497 e. The Balaban J connectivity index is 1.48. The summed E-state index contributed by atoms with van der Waals surface area (Å²) in [5, 5.41) is 10.4. The summed E-state index contributed by atoms with van der Waals surface area (Å²) in [6.45, 7) is 2.84. The number of para-hydroxylation sites is 1. The zero-order chi connectivity index (χ0) is 22.3. The molecular formula is C25H28N4O3. The fourth-order valence-corrected chi connectivity index (χ4v) is 3.91. The molecule has 1 saturated heterocycles. The van der Waals surface area contributed by atoms with Gasteiger partial charge in [0.2, 0.25) is 11.7 Å². The molecule has 0 atom stereocenters. The molecule has 7 nitrogen and oxygen atoms in total. The molecular weight excluding hydrogens is 404 g/mol. The highest BCUT2D eigenvalue weighted by Crippen LogP contribution is 2.25. The van der Waals surface area contributed by atoms with Crippen molar-refractivity contribution in [2.45, 2.75) is 12.8 Å². The van der Waals surface area contributed by atoms with Gasteiger partial charge in [-0.25, -0.2) is 4.98 Å². The van der Waals surface area contributed by atoms with Crippen molar-refractivity contribution < 1.29 is 14.3 Å². The number of rotatable bonds is 8. The van der Waals surface area contributed by atoms with Gasteiger partial charge in [-0.15, -0.1) is 0 Å². The lowest BCUT2D eigenvalue weighted by Crippen LogP contribution is -2.38. The second-order valence-electron chi connectivity index (χ2n) is 7.98. The van der Waals surface area contributed by atoms with Crippen LogP contribution in [-0.2, 0) is 4.79 Å². The molecule has 2 heterocycles. The number of pyridine rings is 1. The summed E-state index contributed by atoms with van der Waals surface area (Å²) in [5.74, 6) is 0.964. The molecule has 32 heavy (non-hydrogen) atoms. The van der Waals surface area contributed by atoms with E-state index < -0.39 is 0 Å². The summed E-state index contributed by atoms with van der Waals surface area (Å²) in [4.78, 5) is 30.0. The largest absolute Gasteiger partial charge is 0.497 e. The Morgan fingerprint density at radius 1 is 1.09 bits per heavy atom. The lowest BCUT2D eigenvalue weighted by Gasteiger charge is -2.22. The smallest absolute Gasteiger partial charge is 0.239 e. The summed E-state index contributed by atoms with van der Waals surface area (Å²) in [6.07, 6.45) is 2.17. The van der Waals surface area contributed by atoms with Gasteiger partial charge in [0, 0.05) is 23.2 Å². The Morgan fingerprint density at radius 3 is 2.59 bits per heavy atom. The van der Waals surface area contributed by atoms with Crippen LogP contribution >= 0.6 is 0 Å². The van der Waals surface area contributed by atoms with Crippen LogP contribution in [0.1, 0.15) is 28.9 Å². The molecule has 2 aromatic carbocycles. The minimum absolute atomic E-state index is 0.0625. The Morgan fingerprint density at radius 2 is 1.84 bits per heavy atom. The number of aromatic nitrogens is 1. The topological polar surface area (TPSA) is 92.3 Å². The van der Waals surface area contributed by atoms with Crippen molar-refractivity contribution in [2.24, 2.45) is 5.92 Å². The van der Waals surface area contributed by atoms with Gasteiger partial charge in [0.15, 0.2) is 0 Å². The first kappa shape index (κ1) is 21.8. The zero-order valence-electron chi connectivity index (χ0n) is 18.2. The van der Waals surface area contributed by atoms with Gasteiger partial charge in [-0.3, -0.25) is 9.59 Å². The Hall–Kier alpha value is -3.45. The van der Waals surface area contributed by atoms with Crippen LogP contribution in [0.5, 0.6) is 5.75 Å². The van der Waals surface area contributed by atoms with E-state index in [0.717, 1.165) is 31.3 Å². The Bertz CT molecular complexity index is 1090. The van der Waals surface area contributed by atoms with Crippen LogP contribution in [-0.4, -0.2) is 50.0 Å². The van der Waals surface area contributed by atoms with Crippen molar-refractivity contribution in [3.63, 3.8) is 0 Å². The quantitative estimate of drug-likeness (QED) is 0.474. The van der Waals surface area contributed by atoms with E-state index in [9.17, 15) is 9.59 Å². The van der Waals surface area contributed by atoms with Crippen molar-refractivity contribution >= 4 is 28.3 Å². The number of hydrogen-bond acceptors (Lipinski definition) is 6. The molecule has 0 aliphatic carbocycles. The molecule has 1 aliphatic rings. The van der Waals surface area contributed by atoms with Crippen LogP contribution in [0.2, 0.25) is 0 Å². The van der Waals surface area contributed by atoms with Gasteiger partial charge in [-0.1, -0.05) is 18.2 Å². The second kappa shape index (κ2) is 10.2. The van der Waals surface area contributed by atoms with Gasteiger partial charge < -0.3 is 20.7 Å². The standard InChI is InChI=1S/C25H28N4O3/c1-32-19-8-6-18(7-9-19)25(31)23-14-22(20-4-2-3-5-21(20)29-23)27-16-24(30)28-15-17-10-12-26-13-11-17/h2-9,14,17,26H,10-13,15-16H2,1H3,(H,27,29)(H,28,30). The van der Waals surface area contributed by atoms with Crippen LogP contribution in [0.25, 0.3) is 10.9 Å². The average molecular weight is 433 g/mol. The monoisotopic (exact) mass is 432 g/mol. The molecule has 1 amide bonds. The highest BCUT2D eigenvalue weighted by atomic mass is 16.5. The van der Waals surface area contributed by atoms with Crippen LogP contribution in [0, 0.1) is 5.92 Å². The minimum atomic E-state index is -0.184. The van der Waals surface area contributed by atoms with Gasteiger partial charge in [0.25, 0.3) is 0 Å². The number of fused-ring (bicyclic) bond motifs is 1. The molecule has 3 N–H and O–H groups in total. The number of nitrogens with zero attached hydrogens (tertiary/aromatic N) is 1. The molecule has 0 spiro atoms. The number of nitrogens with one attached hydrogen (secondary N) is 3. The van der Waals surface area contributed by atoms with Crippen molar-refractivity contribution in [3.8, 4) is 5.75 Å². The average Bonchev–Trinajstić information content (AvgIpc) is 2.86. The molecule has 3 aromatic rings. The van der Waals surface area contributed by atoms with E-state index in [0.29, 0.717) is 40.7 Å². The van der Waals surface area contributed by atoms with E-state index in [2.05, 4.69) is 20.9 Å². The van der Waals surface area contributed by atoms with Crippen LogP contribution in [0.3, 0.4) is 0 Å². The third-order valence-electron chi connectivity index (χ3n) is 5.79. The molecule has 1 aliphatic heterocycles. The molecule has 166 valence electrons. The second-order valence-corrected chi connectivity index (χ2v) is 7.98. The summed E-state index contributed by atoms with van der Waals surface area (Å²) < 4.78 is 5.17. The van der Waals surface area contributed by atoms with E-state index in [1.165, 1.54) is 0 Å². The predicted octanol–water partition coefficient (Wildman–Crippen LogP) is 3.00. The van der Waals surface area contributed by atoms with Gasteiger partial charge >= 0.3 is 0 Å². The predicted molar refractivity (Wildman–Crippen MR) is 125 cm³/mol. The van der Waals surface area contributed by atoms with Crippen molar-refractivity contribution in [1.29, 1.82) is 0 Å². The highest BCUT2D eigenvalue weighted by Gasteiger charge is 2.16. The maximum Gasteiger partial charge on any atom is 0.239 e. The third-order valence-corrected chi connectivity index (χ3v) is 5.79. The van der Waals surface area contributed by atoms with E-state index in [-0.39, 0.29) is 18.2 Å².